The maximum atomic E-state index is 12.7. The van der Waals surface area contributed by atoms with E-state index in [9.17, 15) is 19.8 Å². The van der Waals surface area contributed by atoms with E-state index >= 15 is 0 Å². The van der Waals surface area contributed by atoms with Gasteiger partial charge in [0.15, 0.2) is 0 Å². The molecule has 1 aliphatic rings. The maximum absolute atomic E-state index is 12.7. The third kappa shape index (κ3) is 10.00. The summed E-state index contributed by atoms with van der Waals surface area (Å²) in [5, 5.41) is 41.6. The molecule has 0 bridgehead atoms. The van der Waals surface area contributed by atoms with Gasteiger partial charge in [-0.25, -0.2) is 0 Å². The van der Waals surface area contributed by atoms with Crippen LogP contribution in [0.5, 0.6) is 11.5 Å². The molecule has 0 saturated heterocycles. The highest BCUT2D eigenvalue weighted by Crippen LogP contribution is 2.35. The van der Waals surface area contributed by atoms with Crippen molar-refractivity contribution in [3.63, 3.8) is 0 Å². The number of ether oxygens (including phenoxy) is 2. The number of nitriles is 1. The highest BCUT2D eigenvalue weighted by Gasteiger charge is 2.30. The molecule has 13 nitrogen and oxygen atoms in total. The Balaban J connectivity index is 0.000000202. The first-order valence-electron chi connectivity index (χ1n) is 19.1. The van der Waals surface area contributed by atoms with Gasteiger partial charge in [-0.15, -0.1) is 0 Å². The van der Waals surface area contributed by atoms with E-state index in [1.165, 1.54) is 6.20 Å². The minimum absolute atomic E-state index is 0.0185. The summed E-state index contributed by atoms with van der Waals surface area (Å²) in [4.78, 5) is 33.6. The first-order valence-corrected chi connectivity index (χ1v) is 19.1. The molecule has 60 heavy (non-hydrogen) atoms. The van der Waals surface area contributed by atoms with Gasteiger partial charge in [0.05, 0.1) is 36.2 Å². The fraction of sp³-hybridized carbons (Fsp3) is 0.191. The molecule has 0 fully saturated rings. The van der Waals surface area contributed by atoms with Gasteiger partial charge in [0, 0.05) is 67.1 Å². The monoisotopic (exact) mass is 803 g/mol. The van der Waals surface area contributed by atoms with Crippen molar-refractivity contribution < 1.29 is 29.3 Å². The van der Waals surface area contributed by atoms with Crippen LogP contribution < -0.4 is 21.1 Å². The normalized spacial score (nSPS) is 12.4. The SMILES string of the molecule is Cc1ncc(CNC(=O)c2ccc(-c3ccc(C#N)cc3)cc2)c2c1OC(C)(C)OC2.Cc1ncc(CNC(=O)c2ccc(-c3ccc(C(=N)N)cc3)cc2)c(CO)c1O. The van der Waals surface area contributed by atoms with Crippen molar-refractivity contribution >= 4 is 17.6 Å². The topological polar surface area (TPSA) is 217 Å². The van der Waals surface area contributed by atoms with E-state index in [1.54, 1.807) is 61.7 Å². The van der Waals surface area contributed by atoms with Gasteiger partial charge in [0.25, 0.3) is 11.8 Å². The summed E-state index contributed by atoms with van der Waals surface area (Å²) < 4.78 is 11.7. The molecule has 7 rings (SSSR count). The number of nitrogens with zero attached hydrogens (tertiary/aromatic N) is 3. The number of rotatable bonds is 10. The summed E-state index contributed by atoms with van der Waals surface area (Å²) in [6.45, 7) is 7.83. The Morgan fingerprint density at radius 2 is 1.22 bits per heavy atom. The van der Waals surface area contributed by atoms with Crippen molar-refractivity contribution in [3.05, 3.63) is 165 Å². The number of aryl methyl sites for hydroxylation is 2. The van der Waals surface area contributed by atoms with Crippen molar-refractivity contribution in [3.8, 4) is 39.8 Å². The number of carbonyl (C=O) groups is 2. The second-order valence-corrected chi connectivity index (χ2v) is 14.5. The van der Waals surface area contributed by atoms with Crippen molar-refractivity contribution in [2.24, 2.45) is 5.73 Å². The Labute approximate surface area is 348 Å². The van der Waals surface area contributed by atoms with Gasteiger partial charge >= 0.3 is 0 Å². The molecule has 0 unspecified atom stereocenters. The molecule has 304 valence electrons. The number of aromatic hydroxyl groups is 1. The number of aromatic nitrogens is 2. The molecule has 0 radical (unpaired) electrons. The summed E-state index contributed by atoms with van der Waals surface area (Å²) in [7, 11) is 0. The van der Waals surface area contributed by atoms with E-state index in [1.807, 2.05) is 69.3 Å². The van der Waals surface area contributed by atoms with Gasteiger partial charge in [-0.1, -0.05) is 60.7 Å². The number of amides is 2. The largest absolute Gasteiger partial charge is 0.506 e. The Bertz CT molecular complexity index is 2570. The summed E-state index contributed by atoms with van der Waals surface area (Å²) in [5.41, 5.74) is 15.6. The Kier molecular flexibility index (Phi) is 13.0. The maximum Gasteiger partial charge on any atom is 0.251 e. The van der Waals surface area contributed by atoms with Crippen LogP contribution in [-0.4, -0.2) is 43.6 Å². The van der Waals surface area contributed by atoms with Crippen molar-refractivity contribution in [2.75, 3.05) is 0 Å². The van der Waals surface area contributed by atoms with Crippen LogP contribution in [0.2, 0.25) is 0 Å². The average molecular weight is 804 g/mol. The molecule has 0 atom stereocenters. The zero-order valence-electron chi connectivity index (χ0n) is 33.7. The zero-order valence-corrected chi connectivity index (χ0v) is 33.7. The molecule has 3 heterocycles. The van der Waals surface area contributed by atoms with E-state index in [0.29, 0.717) is 52.2 Å². The number of amidine groups is 1. The number of nitrogens with two attached hydrogens (primary N) is 1. The molecule has 0 saturated carbocycles. The lowest BCUT2D eigenvalue weighted by Crippen LogP contribution is -2.36. The van der Waals surface area contributed by atoms with Crippen molar-refractivity contribution in [1.82, 2.24) is 20.6 Å². The summed E-state index contributed by atoms with van der Waals surface area (Å²) in [5.74, 6) is -0.442. The lowest BCUT2D eigenvalue weighted by molar-refractivity contribution is -0.180. The lowest BCUT2D eigenvalue weighted by atomic mass is 10.0. The van der Waals surface area contributed by atoms with Crippen molar-refractivity contribution in [2.45, 2.75) is 59.8 Å². The van der Waals surface area contributed by atoms with E-state index in [2.05, 4.69) is 26.7 Å². The second kappa shape index (κ2) is 18.5. The third-order valence-corrected chi connectivity index (χ3v) is 9.95. The number of nitrogens with one attached hydrogen (secondary N) is 3. The number of carbonyl (C=O) groups excluding carboxylic acids is 2. The van der Waals surface area contributed by atoms with Crippen LogP contribution in [0.25, 0.3) is 22.3 Å². The van der Waals surface area contributed by atoms with Crippen LogP contribution in [0.3, 0.4) is 0 Å². The molecular formula is C47H45N7O6. The predicted molar refractivity (Wildman–Crippen MR) is 227 cm³/mol. The second-order valence-electron chi connectivity index (χ2n) is 14.5. The minimum Gasteiger partial charge on any atom is -0.506 e. The number of aliphatic hydroxyl groups is 1. The Morgan fingerprint density at radius 3 is 1.70 bits per heavy atom. The average Bonchev–Trinajstić information content (AvgIpc) is 3.26. The minimum atomic E-state index is -0.696. The van der Waals surface area contributed by atoms with Crippen LogP contribution >= 0.6 is 0 Å². The fourth-order valence-corrected chi connectivity index (χ4v) is 6.42. The first-order chi connectivity index (χ1) is 28.8. The van der Waals surface area contributed by atoms with Crippen LogP contribution in [0.15, 0.2) is 109 Å². The first kappa shape index (κ1) is 42.2. The van der Waals surface area contributed by atoms with Gasteiger partial charge < -0.3 is 36.1 Å². The smallest absolute Gasteiger partial charge is 0.251 e. The zero-order chi connectivity index (χ0) is 43.0. The van der Waals surface area contributed by atoms with Crippen LogP contribution in [0.4, 0.5) is 0 Å². The van der Waals surface area contributed by atoms with Crippen molar-refractivity contribution in [1.29, 1.82) is 10.7 Å². The number of pyridine rings is 2. The van der Waals surface area contributed by atoms with Gasteiger partial charge in [0.1, 0.15) is 17.3 Å². The molecular weight excluding hydrogens is 759 g/mol. The summed E-state index contributed by atoms with van der Waals surface area (Å²) in [6.07, 6.45) is 3.29. The number of aliphatic hydroxyl groups excluding tert-OH is 1. The number of hydrogen-bond donors (Lipinski definition) is 6. The van der Waals surface area contributed by atoms with E-state index in [4.69, 9.17) is 25.9 Å². The van der Waals surface area contributed by atoms with Gasteiger partial charge in [-0.05, 0) is 83.6 Å². The number of fused-ring (bicyclic) bond motifs is 1. The van der Waals surface area contributed by atoms with E-state index in [-0.39, 0.29) is 36.6 Å². The molecule has 0 spiro atoms. The lowest BCUT2D eigenvalue weighted by Gasteiger charge is -2.34. The predicted octanol–water partition coefficient (Wildman–Crippen LogP) is 6.97. The number of hydrogen-bond acceptors (Lipinski definition) is 10. The Morgan fingerprint density at radius 1 is 0.767 bits per heavy atom. The van der Waals surface area contributed by atoms with E-state index < -0.39 is 5.79 Å². The van der Waals surface area contributed by atoms with Crippen LogP contribution in [0, 0.1) is 30.6 Å². The van der Waals surface area contributed by atoms with Crippen LogP contribution in [-0.2, 0) is 31.0 Å². The molecule has 7 N–H and O–H groups in total. The number of nitrogen functional groups attached to an aromatic ring is 1. The molecule has 1 aliphatic heterocycles. The highest BCUT2D eigenvalue weighted by atomic mass is 16.7. The molecule has 2 amide bonds. The van der Waals surface area contributed by atoms with Gasteiger partial charge in [-0.2, -0.15) is 5.26 Å². The van der Waals surface area contributed by atoms with Gasteiger partial charge in [-0.3, -0.25) is 25.0 Å². The molecule has 0 aliphatic carbocycles. The van der Waals surface area contributed by atoms with Crippen LogP contribution in [0.1, 0.15) is 79.3 Å². The summed E-state index contributed by atoms with van der Waals surface area (Å²) in [6, 6.07) is 31.3. The third-order valence-electron chi connectivity index (χ3n) is 9.95. The Hall–Kier alpha value is -7.40. The molecule has 4 aromatic carbocycles. The molecule has 6 aromatic rings. The number of benzene rings is 4. The summed E-state index contributed by atoms with van der Waals surface area (Å²) >= 11 is 0. The quantitative estimate of drug-likeness (QED) is 0.0617. The standard InChI is InChI=1S/C25H23N3O3.C22H22N4O3/c1-16-23-22(15-30-25(2,3)31-23)21(13-27-16)14-28-24(29)20-10-8-19(9-11-20)18-6-4-17(12-26)5-7-18;1-13-20(28)19(12-27)18(10-25-13)11-26-22(29)17-8-4-15(5-9-17)14-2-6-16(7-3-14)21(23)24/h4-11,13H,14-15H2,1-3H3,(H,28,29);2-10,27-28H,11-12H2,1H3,(H3,23,24)(H,26,29). The van der Waals surface area contributed by atoms with E-state index in [0.717, 1.165) is 44.8 Å². The fourth-order valence-electron chi connectivity index (χ4n) is 6.42. The van der Waals surface area contributed by atoms with Gasteiger partial charge in [0.2, 0.25) is 5.79 Å². The molecule has 2 aromatic heterocycles. The molecule has 13 heteroatoms. The highest BCUT2D eigenvalue weighted by molar-refractivity contribution is 5.96.